The number of rotatable bonds is 6. The van der Waals surface area contributed by atoms with Crippen LogP contribution in [0.3, 0.4) is 0 Å². The average molecular weight is 556 g/mol. The summed E-state index contributed by atoms with van der Waals surface area (Å²) in [4.78, 5) is 25.6. The molecule has 1 unspecified atom stereocenters. The van der Waals surface area contributed by atoms with Crippen LogP contribution in [0.2, 0.25) is 0 Å². The number of hydrogen-bond donors (Lipinski definition) is 2. The second-order valence-electron chi connectivity index (χ2n) is 15.6. The third-order valence-corrected chi connectivity index (χ3v) is 9.90. The predicted octanol–water partition coefficient (Wildman–Crippen LogP) is 7.41. The molecule has 3 aliphatic rings. The van der Waals surface area contributed by atoms with E-state index in [4.69, 9.17) is 9.47 Å². The Morgan fingerprint density at radius 2 is 1.80 bits per heavy atom. The summed E-state index contributed by atoms with van der Waals surface area (Å²) < 4.78 is 11.2. The van der Waals surface area contributed by atoms with Crippen LogP contribution in [0, 0.1) is 34.5 Å². The van der Waals surface area contributed by atoms with Gasteiger partial charge in [0, 0.05) is 0 Å². The number of hydrogen-bond acceptors (Lipinski definition) is 5. The Labute approximate surface area is 242 Å². The molecule has 0 radical (unpaired) electrons. The Balaban J connectivity index is 1.54. The molecule has 0 aliphatic heterocycles. The van der Waals surface area contributed by atoms with Crippen LogP contribution in [0.5, 0.6) is 5.75 Å². The number of benzene rings is 1. The van der Waals surface area contributed by atoms with Gasteiger partial charge >= 0.3 is 12.1 Å². The minimum absolute atomic E-state index is 0.0287. The number of carbonyl (C=O) groups excluding carboxylic acids is 2. The van der Waals surface area contributed by atoms with Crippen molar-refractivity contribution in [2.45, 2.75) is 131 Å². The van der Waals surface area contributed by atoms with Crippen molar-refractivity contribution in [1.82, 2.24) is 5.32 Å². The van der Waals surface area contributed by atoms with Crippen molar-refractivity contribution >= 4 is 12.1 Å². The van der Waals surface area contributed by atoms with Crippen LogP contribution in [0.15, 0.2) is 18.2 Å². The van der Waals surface area contributed by atoms with E-state index in [-0.39, 0.29) is 22.9 Å². The van der Waals surface area contributed by atoms with E-state index in [1.165, 1.54) is 24.0 Å². The van der Waals surface area contributed by atoms with Crippen LogP contribution in [0.25, 0.3) is 0 Å². The average Bonchev–Trinajstić information content (AvgIpc) is 3.13. The monoisotopic (exact) mass is 555 g/mol. The summed E-state index contributed by atoms with van der Waals surface area (Å²) in [6.45, 7) is 18.5. The zero-order chi connectivity index (χ0) is 29.6. The molecule has 0 aromatic heterocycles. The van der Waals surface area contributed by atoms with E-state index in [2.05, 4.69) is 39.1 Å². The maximum Gasteiger partial charge on any atom is 0.413 e. The van der Waals surface area contributed by atoms with E-state index in [9.17, 15) is 14.7 Å². The first-order valence-electron chi connectivity index (χ1n) is 15.5. The lowest BCUT2D eigenvalue weighted by molar-refractivity contribution is -0.158. The Hall–Kier alpha value is -2.08. The molecular weight excluding hydrogens is 502 g/mol. The second-order valence-corrected chi connectivity index (χ2v) is 15.6. The highest BCUT2D eigenvalue weighted by Gasteiger charge is 2.56. The van der Waals surface area contributed by atoms with E-state index in [1.54, 1.807) is 0 Å². The van der Waals surface area contributed by atoms with Crippen molar-refractivity contribution < 1.29 is 24.2 Å². The SMILES string of the molecule is CC(C)[C@H](NC(=O)Oc1ccc2c(c1)C[C@@H](CCC(C)(C)C)[C@@H]1C2CC[C@]2(C)[C@@H](O)CC[C@@H]12)C(=O)OC(C)(C)C. The smallest absolute Gasteiger partial charge is 0.413 e. The normalized spacial score (nSPS) is 30.6. The number of aliphatic hydroxyl groups excluding tert-OH is 1. The van der Waals surface area contributed by atoms with Crippen molar-refractivity contribution in [3.8, 4) is 5.75 Å². The Morgan fingerprint density at radius 3 is 2.42 bits per heavy atom. The van der Waals surface area contributed by atoms with Crippen molar-refractivity contribution in [3.63, 3.8) is 0 Å². The molecule has 2 N–H and O–H groups in total. The minimum atomic E-state index is -0.787. The van der Waals surface area contributed by atoms with Crippen LogP contribution in [-0.4, -0.2) is 34.9 Å². The lowest BCUT2D eigenvalue weighted by Gasteiger charge is -2.53. The second kappa shape index (κ2) is 11.3. The number of ether oxygens (including phenoxy) is 2. The molecule has 2 saturated carbocycles. The van der Waals surface area contributed by atoms with Gasteiger partial charge in [0.2, 0.25) is 0 Å². The van der Waals surface area contributed by atoms with Gasteiger partial charge in [0.05, 0.1) is 6.10 Å². The van der Waals surface area contributed by atoms with Crippen molar-refractivity contribution in [2.75, 3.05) is 0 Å². The molecule has 7 atom stereocenters. The van der Waals surface area contributed by atoms with Gasteiger partial charge < -0.3 is 19.9 Å². The Kier molecular flexibility index (Phi) is 8.72. The molecule has 1 aromatic rings. The summed E-state index contributed by atoms with van der Waals surface area (Å²) in [5.41, 5.74) is 2.33. The molecule has 2 fully saturated rings. The summed E-state index contributed by atoms with van der Waals surface area (Å²) in [7, 11) is 0. The van der Waals surface area contributed by atoms with Gasteiger partial charge in [-0.05, 0) is 129 Å². The highest BCUT2D eigenvalue weighted by atomic mass is 16.6. The maximum atomic E-state index is 12.9. The lowest BCUT2D eigenvalue weighted by atomic mass is 9.52. The van der Waals surface area contributed by atoms with Crippen LogP contribution < -0.4 is 10.1 Å². The molecule has 0 heterocycles. The fourth-order valence-corrected chi connectivity index (χ4v) is 7.83. The van der Waals surface area contributed by atoms with E-state index in [0.29, 0.717) is 29.4 Å². The first-order valence-corrected chi connectivity index (χ1v) is 15.5. The molecule has 0 saturated heterocycles. The predicted molar refractivity (Wildman–Crippen MR) is 158 cm³/mol. The summed E-state index contributed by atoms with van der Waals surface area (Å²) in [5, 5.41) is 13.7. The van der Waals surface area contributed by atoms with Crippen LogP contribution >= 0.6 is 0 Å². The van der Waals surface area contributed by atoms with Gasteiger partial charge in [-0.2, -0.15) is 0 Å². The molecule has 4 rings (SSSR count). The zero-order valence-corrected chi connectivity index (χ0v) is 26.3. The lowest BCUT2D eigenvalue weighted by Crippen LogP contribution is -2.48. The third kappa shape index (κ3) is 6.69. The summed E-state index contributed by atoms with van der Waals surface area (Å²) >= 11 is 0. The fourth-order valence-electron chi connectivity index (χ4n) is 7.83. The highest BCUT2D eigenvalue weighted by molar-refractivity contribution is 5.82. The highest BCUT2D eigenvalue weighted by Crippen LogP contribution is 2.63. The number of fused-ring (bicyclic) bond motifs is 5. The van der Waals surface area contributed by atoms with Gasteiger partial charge in [0.1, 0.15) is 17.4 Å². The third-order valence-electron chi connectivity index (χ3n) is 9.90. The summed E-state index contributed by atoms with van der Waals surface area (Å²) in [5.74, 6) is 2.08. The van der Waals surface area contributed by atoms with E-state index < -0.39 is 23.7 Å². The first kappa shape index (κ1) is 30.9. The molecule has 1 aromatic carbocycles. The number of aliphatic hydroxyl groups is 1. The maximum absolute atomic E-state index is 12.9. The molecule has 3 aliphatic carbocycles. The standard InChI is InChI=1S/C34H53NO5/c1-20(2)29(30(37)40-33(6,7)8)35-31(38)39-23-10-11-24-22(19-23)18-21(14-16-32(3,4)5)28-25(24)15-17-34(9)26(28)12-13-27(34)36/h10-11,19-21,25-29,36H,12-18H2,1-9H3,(H,35,38)/t21-,25?,26+,27+,28-,29+,34+/m1/s1. The topological polar surface area (TPSA) is 84.9 Å². The molecule has 1 amide bonds. The molecule has 6 nitrogen and oxygen atoms in total. The number of esters is 1. The van der Waals surface area contributed by atoms with Crippen LogP contribution in [-0.2, 0) is 16.0 Å². The molecule has 40 heavy (non-hydrogen) atoms. The van der Waals surface area contributed by atoms with E-state index in [1.807, 2.05) is 46.8 Å². The number of nitrogens with one attached hydrogen (secondary N) is 1. The molecule has 0 bridgehead atoms. The molecular formula is C34H53NO5. The van der Waals surface area contributed by atoms with Crippen LogP contribution in [0.4, 0.5) is 4.79 Å². The summed E-state index contributed by atoms with van der Waals surface area (Å²) in [6.07, 6.45) is 6.69. The Morgan fingerprint density at radius 1 is 1.10 bits per heavy atom. The first-order chi connectivity index (χ1) is 18.5. The minimum Gasteiger partial charge on any atom is -0.458 e. The van der Waals surface area contributed by atoms with Crippen molar-refractivity contribution in [1.29, 1.82) is 0 Å². The van der Waals surface area contributed by atoms with Gasteiger partial charge in [0.15, 0.2) is 0 Å². The van der Waals surface area contributed by atoms with Gasteiger partial charge in [-0.25, -0.2) is 9.59 Å². The van der Waals surface area contributed by atoms with Gasteiger partial charge in [0.25, 0.3) is 0 Å². The van der Waals surface area contributed by atoms with Gasteiger partial charge in [-0.1, -0.05) is 47.6 Å². The number of amides is 1. The van der Waals surface area contributed by atoms with Crippen molar-refractivity contribution in [2.24, 2.45) is 34.5 Å². The van der Waals surface area contributed by atoms with Crippen LogP contribution in [0.1, 0.15) is 118 Å². The Bertz CT molecular complexity index is 1080. The largest absolute Gasteiger partial charge is 0.458 e. The fraction of sp³-hybridized carbons (Fsp3) is 0.765. The van der Waals surface area contributed by atoms with E-state index in [0.717, 1.165) is 32.1 Å². The zero-order valence-electron chi connectivity index (χ0n) is 26.3. The van der Waals surface area contributed by atoms with Crippen molar-refractivity contribution in [3.05, 3.63) is 29.3 Å². The van der Waals surface area contributed by atoms with Gasteiger partial charge in [-0.15, -0.1) is 0 Å². The molecule has 6 heteroatoms. The summed E-state index contributed by atoms with van der Waals surface area (Å²) in [6, 6.07) is 5.33. The van der Waals surface area contributed by atoms with E-state index >= 15 is 0 Å². The number of carbonyl (C=O) groups is 2. The van der Waals surface area contributed by atoms with Gasteiger partial charge in [-0.3, -0.25) is 0 Å². The molecule has 224 valence electrons. The quantitative estimate of drug-likeness (QED) is 0.357. The molecule has 0 spiro atoms.